The van der Waals surface area contributed by atoms with E-state index >= 15 is 0 Å². The van der Waals surface area contributed by atoms with Crippen molar-refractivity contribution in [3.63, 3.8) is 0 Å². The molecule has 1 rings (SSSR count). The van der Waals surface area contributed by atoms with E-state index in [0.717, 1.165) is 12.1 Å². The van der Waals surface area contributed by atoms with Gasteiger partial charge in [-0.1, -0.05) is 0 Å². The van der Waals surface area contributed by atoms with Crippen LogP contribution in [0.3, 0.4) is 0 Å². The molecule has 94 valence electrons. The standard InChI is InChI=1S/C11H13BrF2N2O/c1-6(2)16-11(17)5-15-10-4-8(13)7(12)3-9(10)14/h3-4,6,15H,5H2,1-2H3,(H,16,17). The summed E-state index contributed by atoms with van der Waals surface area (Å²) in [6, 6.07) is 2.02. The summed E-state index contributed by atoms with van der Waals surface area (Å²) in [7, 11) is 0. The van der Waals surface area contributed by atoms with Gasteiger partial charge in [-0.3, -0.25) is 4.79 Å². The van der Waals surface area contributed by atoms with Crippen molar-refractivity contribution in [3.8, 4) is 0 Å². The first kappa shape index (κ1) is 13.9. The molecular formula is C11H13BrF2N2O. The Morgan fingerprint density at radius 1 is 1.35 bits per heavy atom. The third-order valence-corrected chi connectivity index (χ3v) is 2.51. The molecule has 0 atom stereocenters. The summed E-state index contributed by atoms with van der Waals surface area (Å²) in [4.78, 5) is 11.3. The van der Waals surface area contributed by atoms with Crippen molar-refractivity contribution in [2.45, 2.75) is 19.9 Å². The van der Waals surface area contributed by atoms with Crippen LogP contribution < -0.4 is 10.6 Å². The van der Waals surface area contributed by atoms with Gasteiger partial charge in [0.05, 0.1) is 16.7 Å². The minimum atomic E-state index is -0.615. The molecular weight excluding hydrogens is 294 g/mol. The maximum Gasteiger partial charge on any atom is 0.239 e. The minimum Gasteiger partial charge on any atom is -0.374 e. The molecule has 0 saturated carbocycles. The quantitative estimate of drug-likeness (QED) is 0.840. The fourth-order valence-electron chi connectivity index (χ4n) is 1.21. The highest BCUT2D eigenvalue weighted by Gasteiger charge is 2.09. The number of anilines is 1. The normalized spacial score (nSPS) is 10.5. The smallest absolute Gasteiger partial charge is 0.239 e. The van der Waals surface area contributed by atoms with Crippen molar-refractivity contribution < 1.29 is 13.6 Å². The average Bonchev–Trinajstić information content (AvgIpc) is 2.20. The van der Waals surface area contributed by atoms with Gasteiger partial charge in [-0.15, -0.1) is 0 Å². The Balaban J connectivity index is 2.63. The molecule has 0 saturated heterocycles. The van der Waals surface area contributed by atoms with Crippen LogP contribution in [-0.4, -0.2) is 18.5 Å². The van der Waals surface area contributed by atoms with E-state index in [0.29, 0.717) is 0 Å². The predicted octanol–water partition coefficient (Wildman–Crippen LogP) is 2.66. The van der Waals surface area contributed by atoms with Crippen molar-refractivity contribution in [2.75, 3.05) is 11.9 Å². The van der Waals surface area contributed by atoms with Crippen LogP contribution in [0.5, 0.6) is 0 Å². The van der Waals surface area contributed by atoms with Crippen molar-refractivity contribution in [1.29, 1.82) is 0 Å². The summed E-state index contributed by atoms with van der Waals surface area (Å²) in [5, 5.41) is 5.17. The van der Waals surface area contributed by atoms with Crippen LogP contribution in [0.25, 0.3) is 0 Å². The summed E-state index contributed by atoms with van der Waals surface area (Å²) < 4.78 is 26.5. The van der Waals surface area contributed by atoms with Gasteiger partial charge in [-0.05, 0) is 35.8 Å². The van der Waals surface area contributed by atoms with Crippen LogP contribution in [0.15, 0.2) is 16.6 Å². The third-order valence-electron chi connectivity index (χ3n) is 1.90. The monoisotopic (exact) mass is 306 g/mol. The number of benzene rings is 1. The molecule has 2 N–H and O–H groups in total. The number of carbonyl (C=O) groups is 1. The molecule has 0 fully saturated rings. The number of amides is 1. The Morgan fingerprint density at radius 3 is 2.59 bits per heavy atom. The average molecular weight is 307 g/mol. The molecule has 0 aromatic heterocycles. The largest absolute Gasteiger partial charge is 0.374 e. The summed E-state index contributed by atoms with van der Waals surface area (Å²) in [6.07, 6.45) is 0. The summed E-state index contributed by atoms with van der Waals surface area (Å²) >= 11 is 2.87. The van der Waals surface area contributed by atoms with Gasteiger partial charge in [0.15, 0.2) is 0 Å². The fraction of sp³-hybridized carbons (Fsp3) is 0.364. The molecule has 0 radical (unpaired) electrons. The van der Waals surface area contributed by atoms with Gasteiger partial charge < -0.3 is 10.6 Å². The Hall–Kier alpha value is -1.17. The Labute approximate surface area is 107 Å². The lowest BCUT2D eigenvalue weighted by molar-refractivity contribution is -0.119. The second-order valence-corrected chi connectivity index (χ2v) is 4.68. The minimum absolute atomic E-state index is 0.0100. The number of halogens is 3. The number of nitrogens with one attached hydrogen (secondary N) is 2. The highest BCUT2D eigenvalue weighted by Crippen LogP contribution is 2.22. The molecule has 17 heavy (non-hydrogen) atoms. The number of carbonyl (C=O) groups excluding carboxylic acids is 1. The molecule has 1 amide bonds. The Kier molecular flexibility index (Phi) is 4.86. The molecule has 0 aliphatic rings. The van der Waals surface area contributed by atoms with Crippen LogP contribution in [-0.2, 0) is 4.79 Å². The van der Waals surface area contributed by atoms with E-state index in [9.17, 15) is 13.6 Å². The zero-order valence-electron chi connectivity index (χ0n) is 9.48. The summed E-state index contributed by atoms with van der Waals surface area (Å²) in [6.45, 7) is 3.53. The van der Waals surface area contributed by atoms with E-state index in [4.69, 9.17) is 0 Å². The molecule has 0 aliphatic heterocycles. The molecule has 0 unspecified atom stereocenters. The van der Waals surface area contributed by atoms with Crippen molar-refractivity contribution >= 4 is 27.5 Å². The van der Waals surface area contributed by atoms with Crippen molar-refractivity contribution in [1.82, 2.24) is 5.32 Å². The zero-order valence-corrected chi connectivity index (χ0v) is 11.1. The van der Waals surface area contributed by atoms with Gasteiger partial charge >= 0.3 is 0 Å². The van der Waals surface area contributed by atoms with Crippen LogP contribution in [0.2, 0.25) is 0 Å². The highest BCUT2D eigenvalue weighted by molar-refractivity contribution is 9.10. The first-order valence-electron chi connectivity index (χ1n) is 5.08. The van der Waals surface area contributed by atoms with Gasteiger partial charge in [0.25, 0.3) is 0 Å². The predicted molar refractivity (Wildman–Crippen MR) is 65.8 cm³/mol. The van der Waals surface area contributed by atoms with E-state index in [1.165, 1.54) is 0 Å². The van der Waals surface area contributed by atoms with E-state index in [1.807, 2.05) is 13.8 Å². The van der Waals surface area contributed by atoms with E-state index in [1.54, 1.807) is 0 Å². The van der Waals surface area contributed by atoms with E-state index in [2.05, 4.69) is 26.6 Å². The molecule has 0 heterocycles. The molecule has 1 aromatic rings. The lowest BCUT2D eigenvalue weighted by atomic mass is 10.3. The molecule has 0 bridgehead atoms. The maximum atomic E-state index is 13.4. The van der Waals surface area contributed by atoms with Crippen LogP contribution in [0.1, 0.15) is 13.8 Å². The molecule has 6 heteroatoms. The lowest BCUT2D eigenvalue weighted by Gasteiger charge is -2.11. The number of hydrogen-bond donors (Lipinski definition) is 2. The third kappa shape index (κ3) is 4.30. The van der Waals surface area contributed by atoms with Gasteiger partial charge in [0, 0.05) is 12.1 Å². The summed E-state index contributed by atoms with van der Waals surface area (Å²) in [5.74, 6) is -1.48. The fourth-order valence-corrected chi connectivity index (χ4v) is 1.52. The molecule has 0 spiro atoms. The van der Waals surface area contributed by atoms with Crippen LogP contribution in [0, 0.1) is 11.6 Å². The Morgan fingerprint density at radius 2 is 2.00 bits per heavy atom. The van der Waals surface area contributed by atoms with E-state index in [-0.39, 0.29) is 28.7 Å². The first-order chi connectivity index (χ1) is 7.90. The maximum absolute atomic E-state index is 13.4. The lowest BCUT2D eigenvalue weighted by Crippen LogP contribution is -2.34. The van der Waals surface area contributed by atoms with Crippen LogP contribution >= 0.6 is 15.9 Å². The second-order valence-electron chi connectivity index (χ2n) is 3.82. The number of hydrogen-bond acceptors (Lipinski definition) is 2. The second kappa shape index (κ2) is 5.95. The van der Waals surface area contributed by atoms with Crippen molar-refractivity contribution in [2.24, 2.45) is 0 Å². The first-order valence-corrected chi connectivity index (χ1v) is 5.87. The van der Waals surface area contributed by atoms with Gasteiger partial charge in [0.1, 0.15) is 11.6 Å². The highest BCUT2D eigenvalue weighted by atomic mass is 79.9. The van der Waals surface area contributed by atoms with Gasteiger partial charge in [-0.2, -0.15) is 0 Å². The molecule has 3 nitrogen and oxygen atoms in total. The Bertz CT molecular complexity index is 424. The topological polar surface area (TPSA) is 41.1 Å². The number of rotatable bonds is 4. The molecule has 1 aromatic carbocycles. The molecule has 0 aliphatic carbocycles. The van der Waals surface area contributed by atoms with E-state index < -0.39 is 11.6 Å². The summed E-state index contributed by atoms with van der Waals surface area (Å²) in [5.41, 5.74) is -0.0374. The SMILES string of the molecule is CC(C)NC(=O)CNc1cc(F)c(Br)cc1F. The van der Waals surface area contributed by atoms with Crippen molar-refractivity contribution in [3.05, 3.63) is 28.2 Å². The van der Waals surface area contributed by atoms with Gasteiger partial charge in [0.2, 0.25) is 5.91 Å². The van der Waals surface area contributed by atoms with Crippen LogP contribution in [0.4, 0.5) is 14.5 Å². The zero-order chi connectivity index (χ0) is 13.0. The van der Waals surface area contributed by atoms with Gasteiger partial charge in [-0.25, -0.2) is 8.78 Å².